The van der Waals surface area contributed by atoms with E-state index in [0.29, 0.717) is 6.07 Å². The second-order valence-corrected chi connectivity index (χ2v) is 13.2. The summed E-state index contributed by atoms with van der Waals surface area (Å²) in [4.78, 5) is -2.67. The lowest BCUT2D eigenvalue weighted by molar-refractivity contribution is -0.277. The summed E-state index contributed by atoms with van der Waals surface area (Å²) in [7, 11) is -15.3. The van der Waals surface area contributed by atoms with Crippen LogP contribution in [0.1, 0.15) is 0 Å². The number of benzene rings is 4. The maximum atomic E-state index is 12.4. The molecule has 4 aromatic carbocycles. The fourth-order valence-electron chi connectivity index (χ4n) is 4.89. The van der Waals surface area contributed by atoms with Crippen molar-refractivity contribution in [1.29, 1.82) is 0 Å². The number of aliphatic hydroxyl groups is 4. The van der Waals surface area contributed by atoms with Crippen molar-refractivity contribution in [3.05, 3.63) is 36.4 Å². The molecule has 4 aromatic rings. The van der Waals surface area contributed by atoms with Crippen LogP contribution in [-0.2, 0) is 35.1 Å². The smallest absolute Gasteiger partial charge is 0.295 e. The molecular formula is C22H20O15S3. The fourth-order valence-corrected chi connectivity index (χ4v) is 7.10. The van der Waals surface area contributed by atoms with Gasteiger partial charge in [-0.2, -0.15) is 25.3 Å². The molecule has 1 heterocycles. The molecule has 216 valence electrons. The average Bonchev–Trinajstić information content (AvgIpc) is 2.85. The van der Waals surface area contributed by atoms with Crippen LogP contribution in [0, 0.1) is 0 Å². The SMILES string of the molecule is O=S(=O)(O)c1cc(O[C@@H]2O[C@H](CO)[C@H](O)[C@H](O)[C@H]2O)c2ccc3c(S(=O)(=O)O)cc(S(=O)(=O)O)c4ccc1c2c34. The summed E-state index contributed by atoms with van der Waals surface area (Å²) in [5.74, 6) is -0.440. The van der Waals surface area contributed by atoms with Gasteiger partial charge in [0.25, 0.3) is 30.4 Å². The second kappa shape index (κ2) is 9.39. The quantitative estimate of drug-likeness (QED) is 0.106. The predicted molar refractivity (Wildman–Crippen MR) is 134 cm³/mol. The van der Waals surface area contributed by atoms with Gasteiger partial charge in [-0.3, -0.25) is 13.7 Å². The molecule has 5 rings (SSSR count). The molecule has 0 saturated carbocycles. The van der Waals surface area contributed by atoms with Crippen molar-refractivity contribution >= 4 is 62.7 Å². The largest absolute Gasteiger partial charge is 0.461 e. The Hall–Kier alpha value is -2.75. The maximum Gasteiger partial charge on any atom is 0.295 e. The van der Waals surface area contributed by atoms with Crippen LogP contribution < -0.4 is 4.74 Å². The Balaban J connectivity index is 1.90. The van der Waals surface area contributed by atoms with Gasteiger partial charge in [0, 0.05) is 38.4 Å². The molecule has 0 radical (unpaired) electrons. The molecule has 7 N–H and O–H groups in total. The van der Waals surface area contributed by atoms with Gasteiger partial charge in [-0.15, -0.1) is 0 Å². The molecule has 0 bridgehead atoms. The summed E-state index contributed by atoms with van der Waals surface area (Å²) in [6.45, 7) is -0.809. The highest BCUT2D eigenvalue weighted by molar-refractivity contribution is 7.87. The van der Waals surface area contributed by atoms with E-state index in [1.54, 1.807) is 0 Å². The molecule has 0 aliphatic carbocycles. The fraction of sp³-hybridized carbons (Fsp3) is 0.273. The Labute approximate surface area is 225 Å². The molecule has 18 heteroatoms. The highest BCUT2D eigenvalue weighted by Crippen LogP contribution is 2.45. The Morgan fingerprint density at radius 1 is 0.650 bits per heavy atom. The van der Waals surface area contributed by atoms with Crippen LogP contribution in [0.5, 0.6) is 5.75 Å². The summed E-state index contributed by atoms with van der Waals surface area (Å²) >= 11 is 0. The van der Waals surface area contributed by atoms with E-state index in [4.69, 9.17) is 9.47 Å². The number of rotatable bonds is 6. The molecule has 5 atom stereocenters. The molecule has 1 fully saturated rings. The van der Waals surface area contributed by atoms with Gasteiger partial charge >= 0.3 is 0 Å². The Bertz CT molecular complexity index is 1930. The Kier molecular flexibility index (Phi) is 6.75. The first-order chi connectivity index (χ1) is 18.4. The van der Waals surface area contributed by atoms with Crippen LogP contribution in [0.2, 0.25) is 0 Å². The van der Waals surface area contributed by atoms with E-state index in [1.165, 1.54) is 6.07 Å². The molecule has 1 saturated heterocycles. The lowest BCUT2D eigenvalue weighted by Crippen LogP contribution is -2.60. The average molecular weight is 621 g/mol. The van der Waals surface area contributed by atoms with Crippen LogP contribution in [0.4, 0.5) is 0 Å². The number of hydrogen-bond donors (Lipinski definition) is 7. The predicted octanol–water partition coefficient (Wildman–Crippen LogP) is -0.497. The van der Waals surface area contributed by atoms with Crippen LogP contribution in [0.25, 0.3) is 32.3 Å². The Morgan fingerprint density at radius 3 is 1.52 bits per heavy atom. The summed E-state index contributed by atoms with van der Waals surface area (Å²) in [6.07, 6.45) is -8.76. The zero-order chi connectivity index (χ0) is 29.5. The lowest BCUT2D eigenvalue weighted by Gasteiger charge is -2.39. The van der Waals surface area contributed by atoms with Crippen LogP contribution in [-0.4, -0.2) is 96.7 Å². The molecular weight excluding hydrogens is 600 g/mol. The number of hydrogen-bond acceptors (Lipinski definition) is 12. The van der Waals surface area contributed by atoms with E-state index in [-0.39, 0.29) is 32.3 Å². The van der Waals surface area contributed by atoms with E-state index in [2.05, 4.69) is 0 Å². The van der Waals surface area contributed by atoms with Crippen LogP contribution in [0.15, 0.2) is 51.1 Å². The van der Waals surface area contributed by atoms with Gasteiger partial charge in [0.05, 0.1) is 6.61 Å². The molecule has 40 heavy (non-hydrogen) atoms. The molecule has 0 spiro atoms. The minimum atomic E-state index is -5.11. The zero-order valence-electron chi connectivity index (χ0n) is 19.7. The van der Waals surface area contributed by atoms with Gasteiger partial charge in [-0.05, 0) is 12.1 Å². The number of aliphatic hydroxyl groups excluding tert-OH is 4. The van der Waals surface area contributed by atoms with Crippen molar-refractivity contribution in [3.63, 3.8) is 0 Å². The Morgan fingerprint density at radius 2 is 1.07 bits per heavy atom. The molecule has 15 nitrogen and oxygen atoms in total. The summed E-state index contributed by atoms with van der Waals surface area (Å²) < 4.78 is 114. The molecule has 0 amide bonds. The minimum Gasteiger partial charge on any atom is -0.461 e. The molecule has 0 unspecified atom stereocenters. The van der Waals surface area contributed by atoms with E-state index in [0.717, 1.165) is 24.3 Å². The number of ether oxygens (including phenoxy) is 2. The monoisotopic (exact) mass is 620 g/mol. The van der Waals surface area contributed by atoms with Crippen molar-refractivity contribution in [2.75, 3.05) is 6.61 Å². The van der Waals surface area contributed by atoms with Crippen molar-refractivity contribution < 1.29 is 68.8 Å². The van der Waals surface area contributed by atoms with Crippen LogP contribution in [0.3, 0.4) is 0 Å². The molecule has 1 aliphatic heterocycles. The van der Waals surface area contributed by atoms with E-state index in [1.807, 2.05) is 0 Å². The van der Waals surface area contributed by atoms with Gasteiger partial charge in [-0.25, -0.2) is 0 Å². The highest BCUT2D eigenvalue weighted by atomic mass is 32.2. The standard InChI is InChI=1S/C22H20O15S3/c23-7-13-19(24)20(25)21(26)22(37-13)36-12-5-14(38(27,28)29)9-3-4-11-16(40(33,34)35)6-15(39(30,31)32)10-2-1-8(12)17(9)18(10)11/h1-6,13,19-26H,7H2,(H,27,28,29)(H,30,31,32)(H,33,34,35)/t13-,19+,20+,21-,22-/m1/s1. The summed E-state index contributed by atoms with van der Waals surface area (Å²) in [5, 5.41) is 38.7. The lowest BCUT2D eigenvalue weighted by atomic mass is 9.93. The van der Waals surface area contributed by atoms with Gasteiger partial charge in [0.1, 0.15) is 44.9 Å². The summed E-state index contributed by atoms with van der Waals surface area (Å²) in [5.41, 5.74) is 0. The third-order valence-corrected chi connectivity index (χ3v) is 9.35. The normalized spacial score (nSPS) is 24.7. The zero-order valence-corrected chi connectivity index (χ0v) is 22.1. The first-order valence-corrected chi connectivity index (χ1v) is 15.4. The molecule has 0 aromatic heterocycles. The first-order valence-electron chi connectivity index (χ1n) is 11.1. The van der Waals surface area contributed by atoms with E-state index >= 15 is 0 Å². The maximum absolute atomic E-state index is 12.4. The van der Waals surface area contributed by atoms with Crippen molar-refractivity contribution in [1.82, 2.24) is 0 Å². The first kappa shape index (κ1) is 28.8. The highest BCUT2D eigenvalue weighted by Gasteiger charge is 2.45. The van der Waals surface area contributed by atoms with E-state index < -0.39 is 88.1 Å². The van der Waals surface area contributed by atoms with E-state index in [9.17, 15) is 59.3 Å². The van der Waals surface area contributed by atoms with Crippen molar-refractivity contribution in [2.45, 2.75) is 45.4 Å². The summed E-state index contributed by atoms with van der Waals surface area (Å²) in [6, 6.07) is 5.85. The topological polar surface area (TPSA) is 262 Å². The van der Waals surface area contributed by atoms with Gasteiger partial charge < -0.3 is 29.9 Å². The van der Waals surface area contributed by atoms with Crippen molar-refractivity contribution in [2.24, 2.45) is 0 Å². The third-order valence-electron chi connectivity index (χ3n) is 6.67. The van der Waals surface area contributed by atoms with Gasteiger partial charge in [0.2, 0.25) is 6.29 Å². The third kappa shape index (κ3) is 4.56. The van der Waals surface area contributed by atoms with Gasteiger partial charge in [-0.1, -0.05) is 18.2 Å². The minimum absolute atomic E-state index is 0.0498. The van der Waals surface area contributed by atoms with Gasteiger partial charge in [0.15, 0.2) is 0 Å². The van der Waals surface area contributed by atoms with Crippen LogP contribution >= 0.6 is 0 Å². The second-order valence-electron chi connectivity index (χ2n) is 9.06. The van der Waals surface area contributed by atoms with Crippen molar-refractivity contribution in [3.8, 4) is 5.75 Å². The molecule has 1 aliphatic rings.